The molecule has 1 aromatic rings. The van der Waals surface area contributed by atoms with Gasteiger partial charge in [-0.1, -0.05) is 67.9 Å². The van der Waals surface area contributed by atoms with Crippen molar-refractivity contribution in [2.75, 3.05) is 37.0 Å². The van der Waals surface area contributed by atoms with E-state index in [2.05, 4.69) is 32.9 Å². The minimum atomic E-state index is -1.90. The predicted octanol–water partition coefficient (Wildman–Crippen LogP) is 5.89. The second kappa shape index (κ2) is 17.1. The van der Waals surface area contributed by atoms with Crippen molar-refractivity contribution >= 4 is 39.0 Å². The number of rotatable bonds is 8. The maximum atomic E-state index is 15.6. The lowest BCUT2D eigenvalue weighted by Gasteiger charge is -2.67. The van der Waals surface area contributed by atoms with E-state index in [1.807, 2.05) is 13.0 Å². The summed E-state index contributed by atoms with van der Waals surface area (Å²) in [7, 11) is 3.17. The van der Waals surface area contributed by atoms with Crippen molar-refractivity contribution in [1.82, 2.24) is 0 Å². The number of carbonyl (C=O) groups is 2. The van der Waals surface area contributed by atoms with Crippen LogP contribution < -0.4 is 4.90 Å². The average molecular weight is 966 g/mol. The number of phenols is 1. The monoisotopic (exact) mass is 965 g/mol. The third-order valence-electron chi connectivity index (χ3n) is 20.7. The van der Waals surface area contributed by atoms with Crippen LogP contribution in [0.4, 0.5) is 5.69 Å². The molecule has 14 heteroatoms. The van der Waals surface area contributed by atoms with Gasteiger partial charge in [-0.3, -0.25) is 9.59 Å². The van der Waals surface area contributed by atoms with Gasteiger partial charge in [-0.2, -0.15) is 0 Å². The Labute approximate surface area is 403 Å². The van der Waals surface area contributed by atoms with Gasteiger partial charge in [-0.15, -0.1) is 0 Å². The molecule has 2 saturated heterocycles. The molecule has 4 saturated carbocycles. The Morgan fingerprint density at radius 1 is 1.00 bits per heavy atom. The van der Waals surface area contributed by atoms with Gasteiger partial charge < -0.3 is 50.5 Å². The molecule has 0 aromatic heterocycles. The number of aliphatic hydroxyl groups is 7. The number of benzene rings is 1. The van der Waals surface area contributed by atoms with E-state index in [0.717, 1.165) is 18.4 Å². The van der Waals surface area contributed by atoms with Crippen LogP contribution in [0.25, 0.3) is 0 Å². The van der Waals surface area contributed by atoms with E-state index in [1.165, 1.54) is 0 Å². The first-order chi connectivity index (χ1) is 31.8. The van der Waals surface area contributed by atoms with Crippen molar-refractivity contribution in [3.63, 3.8) is 0 Å². The first-order valence-electron chi connectivity index (χ1n) is 25.5. The molecule has 8 bridgehead atoms. The molecule has 11 aliphatic rings. The second-order valence-electron chi connectivity index (χ2n) is 23.5. The Hall–Kier alpha value is -1.98. The Bertz CT molecular complexity index is 2190. The number of aromatic hydroxyl groups is 1. The van der Waals surface area contributed by atoms with Gasteiger partial charge in [0.1, 0.15) is 23.1 Å². The number of hydrogen-bond donors (Lipinski definition) is 8. The van der Waals surface area contributed by atoms with Crippen molar-refractivity contribution in [2.24, 2.45) is 63.1 Å². The van der Waals surface area contributed by atoms with Crippen molar-refractivity contribution in [1.29, 1.82) is 0 Å². The molecule has 0 radical (unpaired) electrons. The number of fused-ring (bicyclic) bond motifs is 1. The van der Waals surface area contributed by atoms with Crippen molar-refractivity contribution < 1.29 is 55.2 Å². The molecule has 3 spiro atoms. The van der Waals surface area contributed by atoms with Crippen LogP contribution in [0.3, 0.4) is 0 Å². The standard InChI is InChI=1S/C53H75NO11S2/c1-30(2)31(3)44-45(65-44)52(63)14-6-9-33-22-38-39-24-42(59)48(25-43(60)49(62,28-57)27-47(38,48)4)29-66-67-40(11-7-19-55)37-10-5-8-34(26-56)50(37)17-18-54(46(50)61)35-20-32(21-36(58)23-35)12-15-51(33)41(52)13-16-53(39,51)64/h6,9,20-21,23-24,30-31,33-34,37-38,40-41,43-45,55-58,60,62-64H,5,7-8,10-19,22,25-29H2,1-4H3. The molecular weight excluding hydrogens is 891 g/mol. The summed E-state index contributed by atoms with van der Waals surface area (Å²) in [5, 5.41) is 94.9. The highest BCUT2D eigenvalue weighted by Crippen LogP contribution is 2.76. The summed E-state index contributed by atoms with van der Waals surface area (Å²) in [4.78, 5) is 32.8. The second-order valence-corrected chi connectivity index (χ2v) is 26.1. The van der Waals surface area contributed by atoms with E-state index in [4.69, 9.17) is 4.74 Å². The number of carbonyl (C=O) groups excluding carboxylic acids is 2. The van der Waals surface area contributed by atoms with E-state index in [9.17, 15) is 40.9 Å². The van der Waals surface area contributed by atoms with E-state index >= 15 is 9.59 Å². The van der Waals surface area contributed by atoms with Crippen LogP contribution in [0.5, 0.6) is 5.75 Å². The molecule has 6 fully saturated rings. The molecule has 67 heavy (non-hydrogen) atoms. The van der Waals surface area contributed by atoms with Crippen LogP contribution in [-0.4, -0.2) is 125 Å². The molecule has 5 aliphatic heterocycles. The normalized spacial score (nSPS) is 47.4. The molecule has 8 N–H and O–H groups in total. The van der Waals surface area contributed by atoms with Crippen LogP contribution in [0.1, 0.15) is 117 Å². The molecule has 1 amide bonds. The minimum Gasteiger partial charge on any atom is -0.508 e. The Morgan fingerprint density at radius 3 is 2.52 bits per heavy atom. The number of ketones is 1. The first kappa shape index (κ1) is 48.6. The van der Waals surface area contributed by atoms with Gasteiger partial charge in [0, 0.05) is 53.8 Å². The van der Waals surface area contributed by atoms with Crippen molar-refractivity contribution in [3.05, 3.63) is 47.6 Å². The lowest BCUT2D eigenvalue weighted by Crippen LogP contribution is -2.71. The predicted molar refractivity (Wildman–Crippen MR) is 258 cm³/mol. The van der Waals surface area contributed by atoms with Crippen molar-refractivity contribution in [3.8, 4) is 5.75 Å². The molecule has 6 aliphatic carbocycles. The summed E-state index contributed by atoms with van der Waals surface area (Å²) in [6, 6.07) is 5.37. The first-order valence-corrected chi connectivity index (χ1v) is 27.9. The number of allylic oxidation sites excluding steroid dienone is 2. The number of epoxide rings is 1. The number of anilines is 1. The highest BCUT2D eigenvalue weighted by molar-refractivity contribution is 8.77. The van der Waals surface area contributed by atoms with Crippen molar-refractivity contribution in [2.45, 2.75) is 158 Å². The number of aliphatic hydroxyl groups excluding tert-OH is 4. The lowest BCUT2D eigenvalue weighted by molar-refractivity contribution is -0.222. The van der Waals surface area contributed by atoms with Crippen LogP contribution in [0.15, 0.2) is 42.0 Å². The Kier molecular flexibility index (Phi) is 12.4. The fourth-order valence-corrected chi connectivity index (χ4v) is 20.6. The number of amides is 1. The maximum Gasteiger partial charge on any atom is 0.233 e. The largest absolute Gasteiger partial charge is 0.508 e. The maximum absolute atomic E-state index is 15.6. The highest BCUT2D eigenvalue weighted by Gasteiger charge is 2.78. The lowest BCUT2D eigenvalue weighted by atomic mass is 9.38. The van der Waals surface area contributed by atoms with E-state index < -0.39 is 69.1 Å². The molecular formula is C53H75NO11S2. The number of ether oxygens (including phenoxy) is 1. The zero-order chi connectivity index (χ0) is 47.7. The summed E-state index contributed by atoms with van der Waals surface area (Å²) in [5.41, 5.74) is -6.93. The number of aryl methyl sites for hydroxylation is 1. The highest BCUT2D eigenvalue weighted by atomic mass is 33.1. The Morgan fingerprint density at radius 2 is 1.79 bits per heavy atom. The molecule has 370 valence electrons. The van der Waals surface area contributed by atoms with Gasteiger partial charge >= 0.3 is 0 Å². The summed E-state index contributed by atoms with van der Waals surface area (Å²) < 4.78 is 6.50. The summed E-state index contributed by atoms with van der Waals surface area (Å²) in [5.74, 6) is -1.06. The zero-order valence-electron chi connectivity index (χ0n) is 39.8. The number of nitrogens with zero attached hydrogens (tertiary/aromatic N) is 1. The average Bonchev–Trinajstić information content (AvgIpc) is 3.98. The number of phenolic OH excluding ortho intramolecular Hbond substituents is 1. The molecule has 17 atom stereocenters. The summed E-state index contributed by atoms with van der Waals surface area (Å²) >= 11 is 0. The van der Waals surface area contributed by atoms with E-state index in [1.54, 1.807) is 44.7 Å². The van der Waals surface area contributed by atoms with Crippen LogP contribution in [0.2, 0.25) is 0 Å². The summed E-state index contributed by atoms with van der Waals surface area (Å²) in [6.07, 6.45) is 10.2. The van der Waals surface area contributed by atoms with Crippen LogP contribution in [0, 0.1) is 63.1 Å². The van der Waals surface area contributed by atoms with E-state index in [-0.39, 0.29) is 84.3 Å². The van der Waals surface area contributed by atoms with Gasteiger partial charge in [0.05, 0.1) is 35.2 Å². The molecule has 1 aromatic carbocycles. The van der Waals surface area contributed by atoms with E-state index in [0.29, 0.717) is 87.9 Å². The van der Waals surface area contributed by atoms with Gasteiger partial charge in [-0.05, 0) is 154 Å². The smallest absolute Gasteiger partial charge is 0.233 e. The number of hydrogen-bond acceptors (Lipinski definition) is 13. The topological polar surface area (TPSA) is 212 Å². The molecule has 12 rings (SSSR count). The Balaban J connectivity index is 1.16. The van der Waals surface area contributed by atoms with Gasteiger partial charge in [-0.25, -0.2) is 0 Å². The van der Waals surface area contributed by atoms with Gasteiger partial charge in [0.25, 0.3) is 0 Å². The fraction of sp³-hybridized carbons (Fsp3) is 0.774. The molecule has 5 heterocycles. The molecule has 12 nitrogen and oxygen atoms in total. The zero-order valence-corrected chi connectivity index (χ0v) is 41.4. The third kappa shape index (κ3) is 6.82. The minimum absolute atomic E-state index is 0.0214. The van der Waals surface area contributed by atoms with Gasteiger partial charge in [0.2, 0.25) is 5.91 Å². The van der Waals surface area contributed by atoms with Crippen LogP contribution in [-0.2, 0) is 20.7 Å². The SMILES string of the molecule is CC(C)C(C)C1OC1C1(O)CC=CC2CC3C4=CC(=O)C5(CSSC(CCCO)C6CCCC(CO)C67CCN(C7=O)c6cc(O)cc(c6)CCC26C1CCC46O)CC(O)C(O)(CO)CC35C. The van der Waals surface area contributed by atoms with Gasteiger partial charge in [0.15, 0.2) is 5.78 Å². The summed E-state index contributed by atoms with van der Waals surface area (Å²) in [6.45, 7) is 8.08. The fourth-order valence-electron chi connectivity index (χ4n) is 16.8. The third-order valence-corrected chi connectivity index (χ3v) is 23.8. The van der Waals surface area contributed by atoms with Crippen LogP contribution >= 0.6 is 21.6 Å². The quantitative estimate of drug-likeness (QED) is 0.0870. The molecule has 17 unspecified atom stereocenters.